The number of benzene rings is 1. The van der Waals surface area contributed by atoms with E-state index in [4.69, 9.17) is 14.2 Å². The van der Waals surface area contributed by atoms with Gasteiger partial charge in [-0.1, -0.05) is 36.8 Å². The quantitative estimate of drug-likeness (QED) is 0.906. The molecule has 1 heterocycles. The SMILES string of the molecule is OC[C@@H](OCc1ccccc1)[C@H]1COC2(CCCCC2)O1. The van der Waals surface area contributed by atoms with Crippen LogP contribution in [0.15, 0.2) is 30.3 Å². The second kappa shape index (κ2) is 6.88. The minimum absolute atomic E-state index is 0.0447. The molecule has 4 nitrogen and oxygen atoms in total. The van der Waals surface area contributed by atoms with Crippen LogP contribution in [-0.4, -0.2) is 36.3 Å². The molecule has 1 N–H and O–H groups in total. The largest absolute Gasteiger partial charge is 0.394 e. The molecule has 1 aromatic rings. The maximum Gasteiger partial charge on any atom is 0.169 e. The molecule has 1 aliphatic heterocycles. The first-order chi connectivity index (χ1) is 10.3. The maximum absolute atomic E-state index is 9.59. The van der Waals surface area contributed by atoms with Gasteiger partial charge in [-0.15, -0.1) is 0 Å². The van der Waals surface area contributed by atoms with E-state index in [1.807, 2.05) is 30.3 Å². The molecule has 21 heavy (non-hydrogen) atoms. The summed E-state index contributed by atoms with van der Waals surface area (Å²) in [6.45, 7) is 0.954. The molecule has 116 valence electrons. The molecule has 1 saturated heterocycles. The minimum Gasteiger partial charge on any atom is -0.394 e. The van der Waals surface area contributed by atoms with Crippen LogP contribution in [0.4, 0.5) is 0 Å². The van der Waals surface area contributed by atoms with Crippen LogP contribution in [-0.2, 0) is 20.8 Å². The van der Waals surface area contributed by atoms with Crippen LogP contribution in [0.2, 0.25) is 0 Å². The highest BCUT2D eigenvalue weighted by Gasteiger charge is 2.44. The number of rotatable bonds is 5. The monoisotopic (exact) mass is 292 g/mol. The van der Waals surface area contributed by atoms with Crippen LogP contribution in [0.5, 0.6) is 0 Å². The fraction of sp³-hybridized carbons (Fsp3) is 0.647. The van der Waals surface area contributed by atoms with Gasteiger partial charge in [0.25, 0.3) is 0 Å². The van der Waals surface area contributed by atoms with Gasteiger partial charge in [-0.05, 0) is 18.4 Å². The Morgan fingerprint density at radius 1 is 1.19 bits per heavy atom. The summed E-state index contributed by atoms with van der Waals surface area (Å²) in [4.78, 5) is 0. The second-order valence-corrected chi connectivity index (χ2v) is 5.96. The van der Waals surface area contributed by atoms with E-state index in [0.717, 1.165) is 31.2 Å². The number of hydrogen-bond acceptors (Lipinski definition) is 4. The number of hydrogen-bond donors (Lipinski definition) is 1. The van der Waals surface area contributed by atoms with E-state index in [1.165, 1.54) is 6.42 Å². The zero-order valence-corrected chi connectivity index (χ0v) is 12.4. The standard InChI is InChI=1S/C17H24O4/c18-11-15(19-12-14-7-3-1-4-8-14)16-13-20-17(21-16)9-5-2-6-10-17/h1,3-4,7-8,15-16,18H,2,5-6,9-13H2/t15-,16-/m1/s1. The summed E-state index contributed by atoms with van der Waals surface area (Å²) in [5.41, 5.74) is 1.10. The first-order valence-electron chi connectivity index (χ1n) is 7.89. The van der Waals surface area contributed by atoms with Crippen molar-refractivity contribution < 1.29 is 19.3 Å². The summed E-state index contributed by atoms with van der Waals surface area (Å²) >= 11 is 0. The zero-order valence-electron chi connectivity index (χ0n) is 12.4. The fourth-order valence-electron chi connectivity index (χ4n) is 3.17. The highest BCUT2D eigenvalue weighted by Crippen LogP contribution is 2.38. The average molecular weight is 292 g/mol. The molecule has 2 aliphatic rings. The smallest absolute Gasteiger partial charge is 0.169 e. The predicted molar refractivity (Wildman–Crippen MR) is 78.7 cm³/mol. The van der Waals surface area contributed by atoms with E-state index in [0.29, 0.717) is 13.2 Å². The maximum atomic E-state index is 9.59. The number of aliphatic hydroxyl groups is 1. The van der Waals surface area contributed by atoms with Crippen LogP contribution in [0, 0.1) is 0 Å². The molecule has 0 radical (unpaired) electrons. The Balaban J connectivity index is 1.54. The molecule has 2 fully saturated rings. The predicted octanol–water partition coefficient (Wildman–Crippen LogP) is 2.64. The molecule has 0 bridgehead atoms. The van der Waals surface area contributed by atoms with Gasteiger partial charge >= 0.3 is 0 Å². The Hall–Kier alpha value is -0.940. The Morgan fingerprint density at radius 2 is 1.95 bits per heavy atom. The van der Waals surface area contributed by atoms with Crippen molar-refractivity contribution in [2.45, 2.75) is 56.7 Å². The third kappa shape index (κ3) is 3.64. The lowest BCUT2D eigenvalue weighted by Gasteiger charge is -2.32. The molecular weight excluding hydrogens is 268 g/mol. The van der Waals surface area contributed by atoms with E-state index in [1.54, 1.807) is 0 Å². The minimum atomic E-state index is -0.410. The van der Waals surface area contributed by atoms with E-state index < -0.39 is 5.79 Å². The van der Waals surface area contributed by atoms with E-state index >= 15 is 0 Å². The van der Waals surface area contributed by atoms with Gasteiger partial charge in [0, 0.05) is 12.8 Å². The molecule has 1 aliphatic carbocycles. The van der Waals surface area contributed by atoms with Crippen LogP contribution in [0.1, 0.15) is 37.7 Å². The molecule has 0 unspecified atom stereocenters. The van der Waals surface area contributed by atoms with Gasteiger partial charge in [0.2, 0.25) is 0 Å². The molecule has 1 spiro atoms. The van der Waals surface area contributed by atoms with Gasteiger partial charge in [-0.25, -0.2) is 0 Å². The van der Waals surface area contributed by atoms with Crippen molar-refractivity contribution in [3.05, 3.63) is 35.9 Å². The Kier molecular flexibility index (Phi) is 4.91. The van der Waals surface area contributed by atoms with E-state index in [9.17, 15) is 5.11 Å². The van der Waals surface area contributed by atoms with Crippen LogP contribution in [0.25, 0.3) is 0 Å². The third-order valence-electron chi connectivity index (χ3n) is 4.39. The van der Waals surface area contributed by atoms with Crippen molar-refractivity contribution in [3.8, 4) is 0 Å². The van der Waals surface area contributed by atoms with Crippen LogP contribution < -0.4 is 0 Å². The highest BCUT2D eigenvalue weighted by atomic mass is 16.8. The number of ether oxygens (including phenoxy) is 3. The molecule has 4 heteroatoms. The van der Waals surface area contributed by atoms with Crippen molar-refractivity contribution >= 4 is 0 Å². The molecule has 2 atom stereocenters. The van der Waals surface area contributed by atoms with Crippen LogP contribution in [0.3, 0.4) is 0 Å². The van der Waals surface area contributed by atoms with E-state index in [-0.39, 0.29) is 18.8 Å². The van der Waals surface area contributed by atoms with Gasteiger partial charge in [0.1, 0.15) is 12.2 Å². The highest BCUT2D eigenvalue weighted by molar-refractivity contribution is 5.13. The van der Waals surface area contributed by atoms with Gasteiger partial charge in [0.15, 0.2) is 5.79 Å². The molecule has 0 amide bonds. The molecule has 1 aromatic carbocycles. The summed E-state index contributed by atoms with van der Waals surface area (Å²) in [5, 5.41) is 9.59. The van der Waals surface area contributed by atoms with Crippen molar-refractivity contribution in [1.82, 2.24) is 0 Å². The van der Waals surface area contributed by atoms with E-state index in [2.05, 4.69) is 0 Å². The Bertz CT molecular complexity index is 428. The topological polar surface area (TPSA) is 47.9 Å². The van der Waals surface area contributed by atoms with Gasteiger partial charge in [-0.3, -0.25) is 0 Å². The van der Waals surface area contributed by atoms with Crippen molar-refractivity contribution in [3.63, 3.8) is 0 Å². The summed E-state index contributed by atoms with van der Waals surface area (Å²) < 4.78 is 17.9. The Labute approximate surface area is 126 Å². The number of aliphatic hydroxyl groups excluding tert-OH is 1. The molecule has 0 aromatic heterocycles. The summed E-state index contributed by atoms with van der Waals surface area (Å²) in [6, 6.07) is 9.98. The molecule has 3 rings (SSSR count). The lowest BCUT2D eigenvalue weighted by molar-refractivity contribution is -0.201. The van der Waals surface area contributed by atoms with Crippen molar-refractivity contribution in [2.75, 3.05) is 13.2 Å². The van der Waals surface area contributed by atoms with Crippen molar-refractivity contribution in [2.24, 2.45) is 0 Å². The van der Waals surface area contributed by atoms with Gasteiger partial charge in [-0.2, -0.15) is 0 Å². The van der Waals surface area contributed by atoms with Gasteiger partial charge in [0.05, 0.1) is 19.8 Å². The summed E-state index contributed by atoms with van der Waals surface area (Å²) in [7, 11) is 0. The molecular formula is C17H24O4. The second-order valence-electron chi connectivity index (χ2n) is 5.96. The Morgan fingerprint density at radius 3 is 2.67 bits per heavy atom. The van der Waals surface area contributed by atoms with Crippen LogP contribution >= 0.6 is 0 Å². The average Bonchev–Trinajstić information content (AvgIpc) is 2.93. The van der Waals surface area contributed by atoms with Crippen molar-refractivity contribution in [1.29, 1.82) is 0 Å². The molecule has 1 saturated carbocycles. The summed E-state index contributed by atoms with van der Waals surface area (Å²) in [6.07, 6.45) is 4.99. The first kappa shape index (κ1) is 15.0. The first-order valence-corrected chi connectivity index (χ1v) is 7.89. The lowest BCUT2D eigenvalue weighted by atomic mass is 9.94. The van der Waals surface area contributed by atoms with Gasteiger partial charge < -0.3 is 19.3 Å². The fourth-order valence-corrected chi connectivity index (χ4v) is 3.17. The third-order valence-corrected chi connectivity index (χ3v) is 4.39. The summed E-state index contributed by atoms with van der Waals surface area (Å²) in [5.74, 6) is -0.410. The lowest BCUT2D eigenvalue weighted by Crippen LogP contribution is -2.38. The normalized spacial score (nSPS) is 26.0. The zero-order chi connectivity index (χ0) is 14.5.